The summed E-state index contributed by atoms with van der Waals surface area (Å²) < 4.78 is 10.1. The molecule has 1 atom stereocenters. The van der Waals surface area contributed by atoms with Gasteiger partial charge in [0.1, 0.15) is 5.75 Å². The first kappa shape index (κ1) is 12.0. The predicted molar refractivity (Wildman–Crippen MR) is 61.0 cm³/mol. The van der Waals surface area contributed by atoms with Gasteiger partial charge in [0, 0.05) is 13.2 Å². The summed E-state index contributed by atoms with van der Waals surface area (Å²) in [6.07, 6.45) is 1.08. The fourth-order valence-electron chi connectivity index (χ4n) is 1.53. The maximum absolute atomic E-state index is 5.31. The molecule has 0 saturated carbocycles. The van der Waals surface area contributed by atoms with E-state index >= 15 is 0 Å². The van der Waals surface area contributed by atoms with Crippen LogP contribution in [0, 0.1) is 0 Å². The van der Waals surface area contributed by atoms with Crippen molar-refractivity contribution in [3.05, 3.63) is 29.8 Å². The normalized spacial score (nSPS) is 12.5. The SMILES string of the molecule is CCC(NC)c1ccc(OCOC)cc1. The highest BCUT2D eigenvalue weighted by Gasteiger charge is 2.05. The van der Waals surface area contributed by atoms with Crippen molar-refractivity contribution in [3.63, 3.8) is 0 Å². The molecule has 1 aromatic carbocycles. The van der Waals surface area contributed by atoms with E-state index in [2.05, 4.69) is 24.4 Å². The molecule has 1 unspecified atom stereocenters. The second-order valence-corrected chi connectivity index (χ2v) is 3.37. The molecule has 0 fully saturated rings. The lowest BCUT2D eigenvalue weighted by atomic mass is 10.1. The smallest absolute Gasteiger partial charge is 0.188 e. The molecule has 0 amide bonds. The molecule has 0 aliphatic carbocycles. The van der Waals surface area contributed by atoms with E-state index in [0.29, 0.717) is 12.8 Å². The number of ether oxygens (including phenoxy) is 2. The van der Waals surface area contributed by atoms with Crippen LogP contribution in [0.15, 0.2) is 24.3 Å². The first-order valence-corrected chi connectivity index (χ1v) is 5.20. The van der Waals surface area contributed by atoms with Crippen LogP contribution in [0.2, 0.25) is 0 Å². The molecule has 3 heteroatoms. The first-order chi connectivity index (χ1) is 7.31. The molecular formula is C12H19NO2. The number of nitrogens with one attached hydrogen (secondary N) is 1. The molecule has 1 N–H and O–H groups in total. The van der Waals surface area contributed by atoms with Crippen LogP contribution >= 0.6 is 0 Å². The maximum Gasteiger partial charge on any atom is 0.188 e. The van der Waals surface area contributed by atoms with Gasteiger partial charge in [-0.1, -0.05) is 19.1 Å². The average molecular weight is 209 g/mol. The Balaban J connectivity index is 2.62. The molecule has 1 aromatic rings. The molecule has 0 heterocycles. The third kappa shape index (κ3) is 3.53. The number of methoxy groups -OCH3 is 1. The molecule has 0 aliphatic heterocycles. The van der Waals surface area contributed by atoms with E-state index in [0.717, 1.165) is 12.2 Å². The maximum atomic E-state index is 5.31. The highest BCUT2D eigenvalue weighted by atomic mass is 16.7. The number of hydrogen-bond donors (Lipinski definition) is 1. The third-order valence-corrected chi connectivity index (χ3v) is 2.38. The van der Waals surface area contributed by atoms with E-state index in [1.165, 1.54) is 5.56 Å². The fourth-order valence-corrected chi connectivity index (χ4v) is 1.53. The van der Waals surface area contributed by atoms with Crippen molar-refractivity contribution in [2.45, 2.75) is 19.4 Å². The second kappa shape index (κ2) is 6.43. The molecule has 0 saturated heterocycles. The van der Waals surface area contributed by atoms with Crippen LogP contribution in [-0.4, -0.2) is 21.0 Å². The zero-order valence-corrected chi connectivity index (χ0v) is 9.62. The van der Waals surface area contributed by atoms with E-state index in [9.17, 15) is 0 Å². The zero-order chi connectivity index (χ0) is 11.1. The molecular weight excluding hydrogens is 190 g/mol. The van der Waals surface area contributed by atoms with Crippen molar-refractivity contribution < 1.29 is 9.47 Å². The molecule has 0 aromatic heterocycles. The van der Waals surface area contributed by atoms with E-state index in [1.807, 2.05) is 19.2 Å². The molecule has 84 valence electrons. The molecule has 0 spiro atoms. The third-order valence-electron chi connectivity index (χ3n) is 2.38. The largest absolute Gasteiger partial charge is 0.468 e. The standard InChI is InChI=1S/C12H19NO2/c1-4-12(13-2)10-5-7-11(8-6-10)15-9-14-3/h5-8,12-13H,4,9H2,1-3H3. The summed E-state index contributed by atoms with van der Waals surface area (Å²) in [5.41, 5.74) is 1.28. The van der Waals surface area contributed by atoms with Crippen LogP contribution in [0.1, 0.15) is 24.9 Å². The minimum absolute atomic E-state index is 0.294. The Hall–Kier alpha value is -1.06. The Labute approximate surface area is 91.4 Å². The van der Waals surface area contributed by atoms with Crippen molar-refractivity contribution in [2.75, 3.05) is 21.0 Å². The number of hydrogen-bond acceptors (Lipinski definition) is 3. The van der Waals surface area contributed by atoms with Crippen LogP contribution in [0.3, 0.4) is 0 Å². The zero-order valence-electron chi connectivity index (χ0n) is 9.62. The molecule has 0 aliphatic rings. The minimum Gasteiger partial charge on any atom is -0.468 e. The quantitative estimate of drug-likeness (QED) is 0.729. The number of benzene rings is 1. The van der Waals surface area contributed by atoms with Gasteiger partial charge >= 0.3 is 0 Å². The van der Waals surface area contributed by atoms with E-state index < -0.39 is 0 Å². The Morgan fingerprint density at radius 3 is 2.40 bits per heavy atom. The summed E-state index contributed by atoms with van der Waals surface area (Å²) >= 11 is 0. The Bertz CT molecular complexity index is 267. The molecule has 0 radical (unpaired) electrons. The van der Waals surface area contributed by atoms with Gasteiger partial charge in [-0.2, -0.15) is 0 Å². The summed E-state index contributed by atoms with van der Waals surface area (Å²) in [6, 6.07) is 8.51. The van der Waals surface area contributed by atoms with Gasteiger partial charge in [0.25, 0.3) is 0 Å². The van der Waals surface area contributed by atoms with E-state index in [1.54, 1.807) is 7.11 Å². The van der Waals surface area contributed by atoms with Gasteiger partial charge < -0.3 is 14.8 Å². The molecule has 1 rings (SSSR count). The second-order valence-electron chi connectivity index (χ2n) is 3.37. The first-order valence-electron chi connectivity index (χ1n) is 5.20. The average Bonchev–Trinajstić information content (AvgIpc) is 2.29. The van der Waals surface area contributed by atoms with Gasteiger partial charge in [-0.15, -0.1) is 0 Å². The highest BCUT2D eigenvalue weighted by molar-refractivity contribution is 5.29. The molecule has 0 bridgehead atoms. The van der Waals surface area contributed by atoms with Gasteiger partial charge in [0.15, 0.2) is 6.79 Å². The van der Waals surface area contributed by atoms with Crippen molar-refractivity contribution in [1.29, 1.82) is 0 Å². The summed E-state index contributed by atoms with van der Waals surface area (Å²) in [5, 5.41) is 3.27. The minimum atomic E-state index is 0.294. The van der Waals surface area contributed by atoms with Crippen LogP contribution in [0.25, 0.3) is 0 Å². The summed E-state index contributed by atoms with van der Waals surface area (Å²) in [5.74, 6) is 0.839. The summed E-state index contributed by atoms with van der Waals surface area (Å²) in [6.45, 7) is 2.46. The monoisotopic (exact) mass is 209 g/mol. The summed E-state index contributed by atoms with van der Waals surface area (Å²) in [4.78, 5) is 0. The Morgan fingerprint density at radius 2 is 1.93 bits per heavy atom. The van der Waals surface area contributed by atoms with Crippen molar-refractivity contribution in [1.82, 2.24) is 5.32 Å². The van der Waals surface area contributed by atoms with Gasteiger partial charge in [-0.3, -0.25) is 0 Å². The number of rotatable bonds is 6. The lowest BCUT2D eigenvalue weighted by Crippen LogP contribution is -2.14. The van der Waals surface area contributed by atoms with Crippen molar-refractivity contribution in [3.8, 4) is 5.75 Å². The van der Waals surface area contributed by atoms with Crippen LogP contribution < -0.4 is 10.1 Å². The van der Waals surface area contributed by atoms with Crippen LogP contribution in [0.5, 0.6) is 5.75 Å². The van der Waals surface area contributed by atoms with Crippen molar-refractivity contribution in [2.24, 2.45) is 0 Å². The van der Waals surface area contributed by atoms with Gasteiger partial charge in [-0.05, 0) is 31.2 Å². The Morgan fingerprint density at radius 1 is 1.27 bits per heavy atom. The van der Waals surface area contributed by atoms with E-state index in [-0.39, 0.29) is 0 Å². The topological polar surface area (TPSA) is 30.5 Å². The lowest BCUT2D eigenvalue weighted by Gasteiger charge is -2.14. The van der Waals surface area contributed by atoms with Crippen molar-refractivity contribution >= 4 is 0 Å². The Kier molecular flexibility index (Phi) is 5.15. The van der Waals surface area contributed by atoms with Crippen LogP contribution in [-0.2, 0) is 4.74 Å². The highest BCUT2D eigenvalue weighted by Crippen LogP contribution is 2.19. The van der Waals surface area contributed by atoms with Crippen LogP contribution in [0.4, 0.5) is 0 Å². The van der Waals surface area contributed by atoms with Gasteiger partial charge in [0.2, 0.25) is 0 Å². The molecule has 15 heavy (non-hydrogen) atoms. The van der Waals surface area contributed by atoms with E-state index in [4.69, 9.17) is 9.47 Å². The molecule has 3 nitrogen and oxygen atoms in total. The lowest BCUT2D eigenvalue weighted by molar-refractivity contribution is 0.0511. The van der Waals surface area contributed by atoms with Gasteiger partial charge in [0.05, 0.1) is 0 Å². The van der Waals surface area contributed by atoms with Gasteiger partial charge in [-0.25, -0.2) is 0 Å². The fraction of sp³-hybridized carbons (Fsp3) is 0.500. The summed E-state index contributed by atoms with van der Waals surface area (Å²) in [7, 11) is 3.59. The predicted octanol–water partition coefficient (Wildman–Crippen LogP) is 2.34.